The molecule has 0 amide bonds. The first kappa shape index (κ1) is 32.9. The van der Waals surface area contributed by atoms with Crippen LogP contribution in [0, 0.1) is 0 Å². The van der Waals surface area contributed by atoms with Crippen molar-refractivity contribution < 1.29 is 0 Å². The Balaban J connectivity index is 0.000000182. The maximum absolute atomic E-state index is 5.25. The largest absolute Gasteiger partial charge is 0.339 e. The fourth-order valence-corrected chi connectivity index (χ4v) is 11.3. The Hall–Kier alpha value is -5.01. The lowest BCUT2D eigenvalue weighted by Gasteiger charge is -2.34. The van der Waals surface area contributed by atoms with E-state index in [0.717, 1.165) is 17.3 Å². The predicted octanol–water partition coefficient (Wildman–Crippen LogP) is 5.49. The molecule has 0 aliphatic rings. The normalized spacial score (nSPS) is 10.8. The van der Waals surface area contributed by atoms with Crippen molar-refractivity contribution in [2.24, 2.45) is 0 Å². The molecule has 0 fully saturated rings. The predicted molar refractivity (Wildman–Crippen MR) is 216 cm³/mol. The van der Waals surface area contributed by atoms with Gasteiger partial charge < -0.3 is 4.57 Å². The Kier molecular flexibility index (Phi) is 11.1. The highest BCUT2D eigenvalue weighted by atomic mass is 32.1. The summed E-state index contributed by atoms with van der Waals surface area (Å²) in [6, 6.07) is 60.1. The van der Waals surface area contributed by atoms with Gasteiger partial charge in [-0.15, -0.1) is 0 Å². The van der Waals surface area contributed by atoms with Crippen LogP contribution in [0.3, 0.4) is 0 Å². The summed E-state index contributed by atoms with van der Waals surface area (Å²) in [5.41, 5.74) is 6.11. The molecule has 0 atom stereocenters. The van der Waals surface area contributed by atoms with Gasteiger partial charge in [0, 0.05) is 29.3 Å². The zero-order valence-electron chi connectivity index (χ0n) is 26.5. The highest BCUT2D eigenvalue weighted by Crippen LogP contribution is 2.13. The zero-order chi connectivity index (χ0) is 33.0. The molecule has 0 bridgehead atoms. The van der Waals surface area contributed by atoms with Crippen LogP contribution in [0.1, 0.15) is 11.1 Å². The molecule has 7 rings (SSSR count). The summed E-state index contributed by atoms with van der Waals surface area (Å²) in [5.74, 6) is 0. The van der Waals surface area contributed by atoms with Gasteiger partial charge in [-0.05, 0) is 26.7 Å². The number of aromatic nitrogens is 2. The van der Waals surface area contributed by atoms with Crippen LogP contribution in [-0.2, 0) is 6.17 Å². The molecule has 6 heteroatoms. The molecular formula is C42H35BN2S2Si. The van der Waals surface area contributed by atoms with E-state index in [1.54, 1.807) is 10.7 Å². The molecule has 0 spiro atoms. The minimum atomic E-state index is -2.43. The van der Waals surface area contributed by atoms with Crippen molar-refractivity contribution in [1.82, 2.24) is 9.55 Å². The van der Waals surface area contributed by atoms with Gasteiger partial charge in [0.25, 0.3) is 0 Å². The lowest BCUT2D eigenvalue weighted by Crippen LogP contribution is -2.69. The number of nitrogens with zero attached hydrogens (tertiary/aromatic N) is 2. The third-order valence-electron chi connectivity index (χ3n) is 8.68. The number of imidazole rings is 1. The van der Waals surface area contributed by atoms with Crippen molar-refractivity contribution in [2.75, 3.05) is 0 Å². The van der Waals surface area contributed by atoms with E-state index < -0.39 is 8.07 Å². The number of hydrogen-bond acceptors (Lipinski definition) is 3. The minimum absolute atomic E-state index is 0.309. The second-order valence-electron chi connectivity index (χ2n) is 11.7. The van der Waals surface area contributed by atoms with E-state index in [-0.39, 0.29) is 0 Å². The summed E-state index contributed by atoms with van der Waals surface area (Å²) >= 11 is 10.5. The summed E-state index contributed by atoms with van der Waals surface area (Å²) in [4.78, 5) is 4.29. The molecular weight excluding hydrogens is 636 g/mol. The molecule has 48 heavy (non-hydrogen) atoms. The van der Waals surface area contributed by atoms with Crippen LogP contribution < -0.4 is 31.9 Å². The Morgan fingerprint density at radius 2 is 0.938 bits per heavy atom. The average molecular weight is 671 g/mol. The van der Waals surface area contributed by atoms with E-state index in [4.69, 9.17) is 24.4 Å². The second kappa shape index (κ2) is 16.2. The van der Waals surface area contributed by atoms with Gasteiger partial charge in [-0.25, -0.2) is 4.98 Å². The molecule has 0 unspecified atom stereocenters. The Morgan fingerprint density at radius 3 is 1.33 bits per heavy atom. The van der Waals surface area contributed by atoms with Gasteiger partial charge in [0.05, 0.1) is 6.33 Å². The van der Waals surface area contributed by atoms with E-state index >= 15 is 0 Å². The SMILES string of the molecule is S=Cc1cccc([Si](Cn2ccnc2)(c2ccccc2)c2cccc(C=S)c2)c1.c1ccc(B(c2ccccc2)c2ccccc2)cc1. The van der Waals surface area contributed by atoms with E-state index in [9.17, 15) is 0 Å². The fourth-order valence-electron chi connectivity index (χ4n) is 6.42. The second-order valence-corrected chi connectivity index (χ2v) is 16.0. The van der Waals surface area contributed by atoms with Crippen molar-refractivity contribution in [2.45, 2.75) is 6.17 Å². The third kappa shape index (κ3) is 7.58. The number of rotatable bonds is 10. The summed E-state index contributed by atoms with van der Waals surface area (Å²) in [6.07, 6.45) is 6.62. The van der Waals surface area contributed by atoms with Gasteiger partial charge >= 0.3 is 0 Å². The van der Waals surface area contributed by atoms with Gasteiger partial charge in [0.15, 0.2) is 8.07 Å². The van der Waals surface area contributed by atoms with Crippen LogP contribution >= 0.6 is 24.4 Å². The maximum atomic E-state index is 5.25. The van der Waals surface area contributed by atoms with Crippen molar-refractivity contribution in [3.63, 3.8) is 0 Å². The molecule has 0 saturated carbocycles. The summed E-state index contributed by atoms with van der Waals surface area (Å²) in [7, 11) is -2.43. The fraction of sp³-hybridized carbons (Fsp3) is 0.0238. The minimum Gasteiger partial charge on any atom is -0.339 e. The molecule has 0 radical (unpaired) electrons. The quantitative estimate of drug-likeness (QED) is 0.109. The van der Waals surface area contributed by atoms with Crippen LogP contribution in [0.4, 0.5) is 0 Å². The van der Waals surface area contributed by atoms with Crippen molar-refractivity contribution in [3.8, 4) is 0 Å². The molecule has 1 aromatic heterocycles. The smallest absolute Gasteiger partial charge is 0.241 e. The summed E-state index contributed by atoms with van der Waals surface area (Å²) in [5, 5.41) is 7.48. The highest BCUT2D eigenvalue weighted by Gasteiger charge is 2.40. The van der Waals surface area contributed by atoms with Crippen LogP contribution in [0.5, 0.6) is 0 Å². The van der Waals surface area contributed by atoms with Crippen LogP contribution in [0.2, 0.25) is 0 Å². The Morgan fingerprint density at radius 1 is 0.521 bits per heavy atom. The third-order valence-corrected chi connectivity index (χ3v) is 14.0. The van der Waals surface area contributed by atoms with Gasteiger partial charge in [0.1, 0.15) is 0 Å². The monoisotopic (exact) mass is 670 g/mol. The van der Waals surface area contributed by atoms with Crippen LogP contribution in [-0.4, -0.2) is 35.1 Å². The van der Waals surface area contributed by atoms with Crippen molar-refractivity contribution in [3.05, 3.63) is 200 Å². The highest BCUT2D eigenvalue weighted by molar-refractivity contribution is 7.79. The van der Waals surface area contributed by atoms with Crippen molar-refractivity contribution >= 4 is 81.9 Å². The van der Waals surface area contributed by atoms with Crippen LogP contribution in [0.15, 0.2) is 189 Å². The molecule has 7 aromatic rings. The molecule has 6 aromatic carbocycles. The summed E-state index contributed by atoms with van der Waals surface area (Å²) < 4.78 is 2.19. The number of thiocarbonyl (C=S) groups is 2. The molecule has 0 aliphatic heterocycles. The molecule has 0 aliphatic carbocycles. The molecule has 0 saturated heterocycles. The zero-order valence-corrected chi connectivity index (χ0v) is 29.2. The first-order chi connectivity index (χ1) is 23.7. The molecule has 232 valence electrons. The average Bonchev–Trinajstić information content (AvgIpc) is 3.69. The standard InChI is InChI=1S/C24H20N2S2Si.C18H15B/c27-16-20-6-4-10-23(14-20)29(19-26-13-12-25-18-26,22-8-2-1-3-9-22)24-11-5-7-21(15-24)17-28;1-4-10-16(11-5-1)19(17-12-6-2-7-13-17)18-14-8-3-9-15-18/h1-18H,19H2;1-15H. The van der Waals surface area contributed by atoms with Gasteiger partial charge in [-0.2, -0.15) is 0 Å². The first-order valence-corrected chi connectivity index (χ1v) is 19.1. The number of hydrogen-bond donors (Lipinski definition) is 0. The Labute approximate surface area is 295 Å². The van der Waals surface area contributed by atoms with E-state index in [2.05, 4.69) is 179 Å². The lowest BCUT2D eigenvalue weighted by molar-refractivity contribution is 0.862. The number of benzene rings is 6. The Bertz CT molecular complexity index is 1890. The van der Waals surface area contributed by atoms with Gasteiger partial charge in [-0.1, -0.05) is 211 Å². The van der Waals surface area contributed by atoms with Gasteiger partial charge in [0.2, 0.25) is 6.71 Å². The summed E-state index contributed by atoms with van der Waals surface area (Å²) in [6.45, 7) is 0.309. The maximum Gasteiger partial charge on any atom is 0.241 e. The topological polar surface area (TPSA) is 17.8 Å². The van der Waals surface area contributed by atoms with E-state index in [1.807, 2.05) is 18.7 Å². The lowest BCUT2D eigenvalue weighted by atomic mass is 9.37. The molecule has 2 nitrogen and oxygen atoms in total. The van der Waals surface area contributed by atoms with Crippen molar-refractivity contribution in [1.29, 1.82) is 0 Å². The first-order valence-electron chi connectivity index (χ1n) is 16.0. The molecule has 0 N–H and O–H groups in total. The molecule has 1 heterocycles. The van der Waals surface area contributed by atoms with Crippen LogP contribution in [0.25, 0.3) is 0 Å². The van der Waals surface area contributed by atoms with E-state index in [1.165, 1.54) is 31.9 Å². The van der Waals surface area contributed by atoms with Gasteiger partial charge in [-0.3, -0.25) is 0 Å². The van der Waals surface area contributed by atoms with E-state index in [0.29, 0.717) is 6.71 Å².